The number of rotatable bonds is 3. The van der Waals surface area contributed by atoms with Gasteiger partial charge in [0.25, 0.3) is 0 Å². The first-order chi connectivity index (χ1) is 6.27. The van der Waals surface area contributed by atoms with Crippen LogP contribution in [0, 0.1) is 5.92 Å². The second kappa shape index (κ2) is 5.22. The van der Waals surface area contributed by atoms with E-state index in [2.05, 4.69) is 12.2 Å². The highest BCUT2D eigenvalue weighted by Gasteiger charge is 2.20. The van der Waals surface area contributed by atoms with Crippen LogP contribution >= 0.6 is 0 Å². The fourth-order valence-corrected chi connectivity index (χ4v) is 1.85. The number of hydrogen-bond donors (Lipinski definition) is 1. The Hall–Kier alpha value is -0.570. The molecule has 0 bridgehead atoms. The van der Waals surface area contributed by atoms with Crippen LogP contribution < -0.4 is 5.32 Å². The molecule has 0 atom stereocenters. The molecule has 1 rings (SSSR count). The molecule has 0 spiro atoms. The Balaban J connectivity index is 2.28. The lowest BCUT2D eigenvalue weighted by molar-refractivity contribution is -0.131. The third-order valence-electron chi connectivity index (χ3n) is 2.87. The molecular formula is C10H20N2O. The zero-order valence-electron chi connectivity index (χ0n) is 8.68. The molecule has 3 heteroatoms. The SMILES string of the molecule is CCC1CCN(C(=O)CNC)CC1. The highest BCUT2D eigenvalue weighted by molar-refractivity contribution is 5.78. The van der Waals surface area contributed by atoms with Crippen molar-refractivity contribution in [3.8, 4) is 0 Å². The Morgan fingerprint density at radius 3 is 2.54 bits per heavy atom. The van der Waals surface area contributed by atoms with Gasteiger partial charge in [-0.05, 0) is 25.8 Å². The lowest BCUT2D eigenvalue weighted by Gasteiger charge is -2.31. The summed E-state index contributed by atoms with van der Waals surface area (Å²) in [4.78, 5) is 13.4. The second-order valence-electron chi connectivity index (χ2n) is 3.76. The van der Waals surface area contributed by atoms with E-state index in [1.807, 2.05) is 11.9 Å². The lowest BCUT2D eigenvalue weighted by Crippen LogP contribution is -2.42. The molecule has 1 heterocycles. The summed E-state index contributed by atoms with van der Waals surface area (Å²) in [5, 5.41) is 2.90. The van der Waals surface area contributed by atoms with E-state index in [1.54, 1.807) is 0 Å². The van der Waals surface area contributed by atoms with Crippen LogP contribution in [0.4, 0.5) is 0 Å². The van der Waals surface area contributed by atoms with Gasteiger partial charge in [0.1, 0.15) is 0 Å². The van der Waals surface area contributed by atoms with Gasteiger partial charge in [-0.15, -0.1) is 0 Å². The van der Waals surface area contributed by atoms with E-state index in [0.29, 0.717) is 6.54 Å². The molecule has 3 nitrogen and oxygen atoms in total. The highest BCUT2D eigenvalue weighted by atomic mass is 16.2. The zero-order chi connectivity index (χ0) is 9.68. The van der Waals surface area contributed by atoms with Crippen molar-refractivity contribution in [1.29, 1.82) is 0 Å². The Bertz CT molecular complexity index is 162. The van der Waals surface area contributed by atoms with Gasteiger partial charge >= 0.3 is 0 Å². The lowest BCUT2D eigenvalue weighted by atomic mass is 9.94. The molecular weight excluding hydrogens is 164 g/mol. The number of nitrogens with zero attached hydrogens (tertiary/aromatic N) is 1. The topological polar surface area (TPSA) is 32.3 Å². The Morgan fingerprint density at radius 2 is 2.08 bits per heavy atom. The van der Waals surface area contributed by atoms with Crippen LogP contribution in [0.2, 0.25) is 0 Å². The normalized spacial score (nSPS) is 19.1. The summed E-state index contributed by atoms with van der Waals surface area (Å²) in [5.74, 6) is 1.09. The molecule has 0 saturated carbocycles. The summed E-state index contributed by atoms with van der Waals surface area (Å²) in [7, 11) is 1.82. The molecule has 0 aromatic carbocycles. The van der Waals surface area contributed by atoms with Crippen molar-refractivity contribution in [3.05, 3.63) is 0 Å². The van der Waals surface area contributed by atoms with Gasteiger partial charge < -0.3 is 10.2 Å². The molecule has 0 radical (unpaired) electrons. The molecule has 0 aromatic rings. The van der Waals surface area contributed by atoms with Crippen molar-refractivity contribution in [2.75, 3.05) is 26.7 Å². The zero-order valence-corrected chi connectivity index (χ0v) is 8.68. The standard InChI is InChI=1S/C10H20N2O/c1-3-9-4-6-12(7-5-9)10(13)8-11-2/h9,11H,3-8H2,1-2H3. The number of hydrogen-bond acceptors (Lipinski definition) is 2. The summed E-state index contributed by atoms with van der Waals surface area (Å²) in [5.41, 5.74) is 0. The minimum Gasteiger partial charge on any atom is -0.342 e. The first kappa shape index (κ1) is 10.5. The first-order valence-corrected chi connectivity index (χ1v) is 5.20. The predicted molar refractivity (Wildman–Crippen MR) is 53.5 cm³/mol. The molecule has 76 valence electrons. The van der Waals surface area contributed by atoms with Crippen molar-refractivity contribution in [2.24, 2.45) is 5.92 Å². The fraction of sp³-hybridized carbons (Fsp3) is 0.900. The van der Waals surface area contributed by atoms with Crippen molar-refractivity contribution >= 4 is 5.91 Å². The van der Waals surface area contributed by atoms with Gasteiger partial charge in [-0.3, -0.25) is 4.79 Å². The molecule has 0 aliphatic carbocycles. The number of carbonyl (C=O) groups is 1. The van der Waals surface area contributed by atoms with Crippen LogP contribution in [-0.4, -0.2) is 37.5 Å². The average Bonchev–Trinajstić information content (AvgIpc) is 2.18. The number of piperidine rings is 1. The molecule has 0 unspecified atom stereocenters. The van der Waals surface area contributed by atoms with Gasteiger partial charge in [-0.2, -0.15) is 0 Å². The molecule has 13 heavy (non-hydrogen) atoms. The van der Waals surface area contributed by atoms with Gasteiger partial charge in [-0.25, -0.2) is 0 Å². The quantitative estimate of drug-likeness (QED) is 0.705. The summed E-state index contributed by atoms with van der Waals surface area (Å²) in [6.07, 6.45) is 3.63. The van der Waals surface area contributed by atoms with Crippen LogP contribution in [0.15, 0.2) is 0 Å². The number of carbonyl (C=O) groups excluding carboxylic acids is 1. The minimum atomic E-state index is 0.247. The van der Waals surface area contributed by atoms with Gasteiger partial charge in [-0.1, -0.05) is 13.3 Å². The molecule has 1 saturated heterocycles. The molecule has 0 aromatic heterocycles. The number of likely N-dealkylation sites (N-methyl/N-ethyl adjacent to an activating group) is 1. The van der Waals surface area contributed by atoms with Crippen LogP contribution in [0.1, 0.15) is 26.2 Å². The number of likely N-dealkylation sites (tertiary alicyclic amines) is 1. The largest absolute Gasteiger partial charge is 0.342 e. The highest BCUT2D eigenvalue weighted by Crippen LogP contribution is 2.19. The summed E-state index contributed by atoms with van der Waals surface area (Å²) >= 11 is 0. The number of nitrogens with one attached hydrogen (secondary N) is 1. The number of amides is 1. The van der Waals surface area contributed by atoms with Gasteiger partial charge in [0.15, 0.2) is 0 Å². The van der Waals surface area contributed by atoms with Gasteiger partial charge in [0.05, 0.1) is 6.54 Å². The monoisotopic (exact) mass is 184 g/mol. The van der Waals surface area contributed by atoms with Crippen LogP contribution in [0.5, 0.6) is 0 Å². The van der Waals surface area contributed by atoms with E-state index in [4.69, 9.17) is 0 Å². The van der Waals surface area contributed by atoms with E-state index >= 15 is 0 Å². The maximum absolute atomic E-state index is 11.5. The minimum absolute atomic E-state index is 0.247. The second-order valence-corrected chi connectivity index (χ2v) is 3.76. The third-order valence-corrected chi connectivity index (χ3v) is 2.87. The Kier molecular flexibility index (Phi) is 4.22. The van der Waals surface area contributed by atoms with Crippen LogP contribution in [0.3, 0.4) is 0 Å². The fourth-order valence-electron chi connectivity index (χ4n) is 1.85. The maximum Gasteiger partial charge on any atom is 0.236 e. The molecule has 1 N–H and O–H groups in total. The summed E-state index contributed by atoms with van der Waals surface area (Å²) in [6, 6.07) is 0. The predicted octanol–water partition coefficient (Wildman–Crippen LogP) is 0.854. The smallest absolute Gasteiger partial charge is 0.236 e. The van der Waals surface area contributed by atoms with Crippen molar-refractivity contribution < 1.29 is 4.79 Å². The van der Waals surface area contributed by atoms with Gasteiger partial charge in [0, 0.05) is 13.1 Å². The van der Waals surface area contributed by atoms with E-state index in [1.165, 1.54) is 19.3 Å². The van der Waals surface area contributed by atoms with E-state index in [-0.39, 0.29) is 5.91 Å². The van der Waals surface area contributed by atoms with E-state index < -0.39 is 0 Å². The van der Waals surface area contributed by atoms with E-state index in [9.17, 15) is 4.79 Å². The summed E-state index contributed by atoms with van der Waals surface area (Å²) < 4.78 is 0. The van der Waals surface area contributed by atoms with Crippen LogP contribution in [-0.2, 0) is 4.79 Å². The van der Waals surface area contributed by atoms with Gasteiger partial charge in [0.2, 0.25) is 5.91 Å². The van der Waals surface area contributed by atoms with Crippen molar-refractivity contribution in [3.63, 3.8) is 0 Å². The molecule has 1 fully saturated rings. The van der Waals surface area contributed by atoms with Crippen molar-refractivity contribution in [2.45, 2.75) is 26.2 Å². The van der Waals surface area contributed by atoms with Crippen molar-refractivity contribution in [1.82, 2.24) is 10.2 Å². The Morgan fingerprint density at radius 1 is 1.46 bits per heavy atom. The molecule has 1 aliphatic rings. The third kappa shape index (κ3) is 2.99. The maximum atomic E-state index is 11.5. The molecule has 1 aliphatic heterocycles. The average molecular weight is 184 g/mol. The first-order valence-electron chi connectivity index (χ1n) is 5.20. The van der Waals surface area contributed by atoms with Crippen LogP contribution in [0.25, 0.3) is 0 Å². The molecule has 1 amide bonds. The Labute approximate surface area is 80.5 Å². The summed E-state index contributed by atoms with van der Waals surface area (Å²) in [6.45, 7) is 4.63. The van der Waals surface area contributed by atoms with E-state index in [0.717, 1.165) is 19.0 Å².